The highest BCUT2D eigenvalue weighted by Crippen LogP contribution is 2.30. The molecule has 0 spiro atoms. The maximum Gasteiger partial charge on any atom is 0.344 e. The van der Waals surface area contributed by atoms with Gasteiger partial charge in [-0.05, 0) is 43.7 Å². The summed E-state index contributed by atoms with van der Waals surface area (Å²) in [7, 11) is 1.51. The molecule has 154 valence electrons. The monoisotopic (exact) mass is 437 g/mol. The van der Waals surface area contributed by atoms with Crippen molar-refractivity contribution in [2.24, 2.45) is 0 Å². The highest BCUT2D eigenvalue weighted by atomic mass is 35.5. The Morgan fingerprint density at radius 1 is 1.17 bits per heavy atom. The molecule has 2 aromatic rings. The van der Waals surface area contributed by atoms with E-state index in [2.05, 4.69) is 5.32 Å². The molecule has 1 amide bonds. The third-order valence-corrected chi connectivity index (χ3v) is 4.60. The lowest BCUT2D eigenvalue weighted by Gasteiger charge is -2.15. The summed E-state index contributed by atoms with van der Waals surface area (Å²) in [5.74, 6) is -0.379. The largest absolute Gasteiger partial charge is 0.493 e. The number of hydrogen-bond acceptors (Lipinski definition) is 5. The summed E-state index contributed by atoms with van der Waals surface area (Å²) in [4.78, 5) is 24.3. The maximum atomic E-state index is 12.2. The van der Waals surface area contributed by atoms with Crippen LogP contribution >= 0.6 is 23.2 Å². The molecule has 1 unspecified atom stereocenters. The van der Waals surface area contributed by atoms with Crippen LogP contribution in [0.4, 0.5) is 5.69 Å². The summed E-state index contributed by atoms with van der Waals surface area (Å²) in [5.41, 5.74) is 1.26. The lowest BCUT2D eigenvalue weighted by Crippen LogP contribution is -2.31. The fourth-order valence-electron chi connectivity index (χ4n) is 2.36. The summed E-state index contributed by atoms with van der Waals surface area (Å²) >= 11 is 11.9. The lowest BCUT2D eigenvalue weighted by molar-refractivity contribution is -0.155. The van der Waals surface area contributed by atoms with E-state index in [1.54, 1.807) is 30.3 Å². The third-order valence-electron chi connectivity index (χ3n) is 3.78. The van der Waals surface area contributed by atoms with E-state index in [1.165, 1.54) is 14.0 Å². The number of allylic oxidation sites excluding steroid dienone is 1. The summed E-state index contributed by atoms with van der Waals surface area (Å²) in [5, 5.41) is 3.08. The Balaban J connectivity index is 1.91. The van der Waals surface area contributed by atoms with Gasteiger partial charge in [-0.2, -0.15) is 0 Å². The van der Waals surface area contributed by atoms with Crippen LogP contribution in [0.1, 0.15) is 19.4 Å². The van der Waals surface area contributed by atoms with Crippen LogP contribution in [0.3, 0.4) is 0 Å². The van der Waals surface area contributed by atoms with Crippen molar-refractivity contribution in [1.29, 1.82) is 0 Å². The summed E-state index contributed by atoms with van der Waals surface area (Å²) < 4.78 is 15.8. The van der Waals surface area contributed by atoms with E-state index in [0.717, 1.165) is 5.56 Å². The van der Waals surface area contributed by atoms with Gasteiger partial charge in [-0.1, -0.05) is 47.5 Å². The van der Waals surface area contributed by atoms with Gasteiger partial charge in [0.15, 0.2) is 24.2 Å². The van der Waals surface area contributed by atoms with Crippen LogP contribution in [0, 0.1) is 0 Å². The first kappa shape index (κ1) is 22.6. The number of carbonyl (C=O) groups is 2. The minimum absolute atomic E-state index is 0.206. The number of methoxy groups -OCH3 is 1. The first-order chi connectivity index (χ1) is 13.8. The van der Waals surface area contributed by atoms with Crippen LogP contribution in [0.15, 0.2) is 42.5 Å². The van der Waals surface area contributed by atoms with E-state index in [4.69, 9.17) is 37.4 Å². The average Bonchev–Trinajstić information content (AvgIpc) is 2.70. The fourth-order valence-corrected chi connectivity index (χ4v) is 2.70. The normalized spacial score (nSPS) is 11.8. The molecule has 8 heteroatoms. The van der Waals surface area contributed by atoms with Crippen molar-refractivity contribution in [2.75, 3.05) is 19.0 Å². The molecule has 0 aliphatic carbocycles. The lowest BCUT2D eigenvalue weighted by atomic mass is 10.2. The molecule has 0 radical (unpaired) electrons. The molecule has 1 atom stereocenters. The Bertz CT molecular complexity index is 914. The molecule has 0 heterocycles. The Morgan fingerprint density at radius 3 is 2.62 bits per heavy atom. The predicted octanol–water partition coefficient (Wildman–Crippen LogP) is 4.98. The minimum atomic E-state index is -1.06. The Kier molecular flexibility index (Phi) is 8.36. The smallest absolute Gasteiger partial charge is 0.344 e. The van der Waals surface area contributed by atoms with Crippen LogP contribution < -0.4 is 14.8 Å². The van der Waals surface area contributed by atoms with Crippen LogP contribution in [0.25, 0.3) is 6.08 Å². The number of esters is 1. The maximum absolute atomic E-state index is 12.2. The first-order valence-electron chi connectivity index (χ1n) is 8.73. The van der Waals surface area contributed by atoms with Gasteiger partial charge in [-0.15, -0.1) is 0 Å². The van der Waals surface area contributed by atoms with Gasteiger partial charge in [-0.25, -0.2) is 4.79 Å². The number of rotatable bonds is 8. The van der Waals surface area contributed by atoms with Crippen molar-refractivity contribution in [2.45, 2.75) is 20.0 Å². The highest BCUT2D eigenvalue weighted by Gasteiger charge is 2.20. The van der Waals surface area contributed by atoms with E-state index in [-0.39, 0.29) is 11.6 Å². The molecule has 0 saturated heterocycles. The number of anilines is 1. The standard InChI is InChI=1S/C21H21Cl2NO5/c1-4-6-14-9-10-17(18(11-14)27-3)28-12-19(25)29-13(2)21(26)24-16-8-5-7-15(22)20(16)23/h4-11,13H,12H2,1-3H3,(H,24,26)/b6-4+. The molecule has 2 rings (SSSR count). The predicted molar refractivity (Wildman–Crippen MR) is 114 cm³/mol. The number of amides is 1. The number of benzene rings is 2. The molecule has 6 nitrogen and oxygen atoms in total. The molecule has 0 saturated carbocycles. The van der Waals surface area contributed by atoms with Gasteiger partial charge in [0.2, 0.25) is 0 Å². The molecule has 1 N–H and O–H groups in total. The van der Waals surface area contributed by atoms with Crippen LogP contribution in [0.2, 0.25) is 10.0 Å². The zero-order chi connectivity index (χ0) is 21.4. The Morgan fingerprint density at radius 2 is 1.93 bits per heavy atom. The van der Waals surface area contributed by atoms with Crippen molar-refractivity contribution in [3.05, 3.63) is 58.1 Å². The average molecular weight is 438 g/mol. The van der Waals surface area contributed by atoms with E-state index in [9.17, 15) is 9.59 Å². The fraction of sp³-hybridized carbons (Fsp3) is 0.238. The van der Waals surface area contributed by atoms with Crippen LogP contribution in [0.5, 0.6) is 11.5 Å². The van der Waals surface area contributed by atoms with Crippen LogP contribution in [-0.2, 0) is 14.3 Å². The Labute approximate surface area is 179 Å². The molecule has 0 fully saturated rings. The number of nitrogens with one attached hydrogen (secondary N) is 1. The summed E-state index contributed by atoms with van der Waals surface area (Å²) in [6, 6.07) is 10.1. The molecule has 0 aliphatic rings. The summed E-state index contributed by atoms with van der Waals surface area (Å²) in [6.07, 6.45) is 2.75. The quantitative estimate of drug-likeness (QED) is 0.589. The van der Waals surface area contributed by atoms with Gasteiger partial charge >= 0.3 is 5.97 Å². The number of hydrogen-bond donors (Lipinski definition) is 1. The molecule has 0 bridgehead atoms. The van der Waals surface area contributed by atoms with Crippen molar-refractivity contribution in [3.63, 3.8) is 0 Å². The van der Waals surface area contributed by atoms with Gasteiger partial charge in [0.05, 0.1) is 22.8 Å². The zero-order valence-electron chi connectivity index (χ0n) is 16.2. The second-order valence-corrected chi connectivity index (χ2v) is 6.71. The number of halogens is 2. The van der Waals surface area contributed by atoms with Crippen molar-refractivity contribution < 1.29 is 23.8 Å². The van der Waals surface area contributed by atoms with Gasteiger partial charge in [0.1, 0.15) is 0 Å². The van der Waals surface area contributed by atoms with E-state index in [1.807, 2.05) is 25.1 Å². The Hall–Kier alpha value is -2.70. The molecule has 29 heavy (non-hydrogen) atoms. The van der Waals surface area contributed by atoms with Crippen molar-refractivity contribution in [3.8, 4) is 11.5 Å². The van der Waals surface area contributed by atoms with E-state index in [0.29, 0.717) is 22.2 Å². The molecule has 2 aromatic carbocycles. The molecular formula is C21H21Cl2NO5. The van der Waals surface area contributed by atoms with Gasteiger partial charge in [0, 0.05) is 0 Å². The number of ether oxygens (including phenoxy) is 3. The SMILES string of the molecule is C/C=C/c1ccc(OCC(=O)OC(C)C(=O)Nc2cccc(Cl)c2Cl)c(OC)c1. The van der Waals surface area contributed by atoms with Crippen LogP contribution in [-0.4, -0.2) is 31.7 Å². The second-order valence-electron chi connectivity index (χ2n) is 5.92. The second kappa shape index (κ2) is 10.7. The van der Waals surface area contributed by atoms with E-state index < -0.39 is 18.0 Å². The zero-order valence-corrected chi connectivity index (χ0v) is 17.7. The highest BCUT2D eigenvalue weighted by molar-refractivity contribution is 6.44. The third kappa shape index (κ3) is 6.41. The molecular weight excluding hydrogens is 417 g/mol. The van der Waals surface area contributed by atoms with E-state index >= 15 is 0 Å². The van der Waals surface area contributed by atoms with Gasteiger partial charge < -0.3 is 19.5 Å². The van der Waals surface area contributed by atoms with Crippen molar-refractivity contribution >= 4 is 46.8 Å². The first-order valence-corrected chi connectivity index (χ1v) is 9.49. The number of carbonyl (C=O) groups excluding carboxylic acids is 2. The minimum Gasteiger partial charge on any atom is -0.493 e. The van der Waals surface area contributed by atoms with Crippen molar-refractivity contribution in [1.82, 2.24) is 0 Å². The molecule has 0 aromatic heterocycles. The van der Waals surface area contributed by atoms with Gasteiger partial charge in [-0.3, -0.25) is 4.79 Å². The van der Waals surface area contributed by atoms with Gasteiger partial charge in [0.25, 0.3) is 5.91 Å². The summed E-state index contributed by atoms with van der Waals surface area (Å²) in [6.45, 7) is 2.97. The molecule has 0 aliphatic heterocycles. The topological polar surface area (TPSA) is 73.9 Å².